The van der Waals surface area contributed by atoms with Gasteiger partial charge in [-0.3, -0.25) is 19.3 Å². The second-order valence-corrected chi connectivity index (χ2v) is 7.23. The first kappa shape index (κ1) is 20.7. The molecule has 0 aliphatic heterocycles. The van der Waals surface area contributed by atoms with Crippen LogP contribution in [0.5, 0.6) is 11.5 Å². The van der Waals surface area contributed by atoms with Crippen LogP contribution in [0.1, 0.15) is 12.5 Å². The number of carbonyl (C=O) groups is 2. The van der Waals surface area contributed by atoms with Crippen molar-refractivity contribution in [1.29, 1.82) is 0 Å². The third-order valence-electron chi connectivity index (χ3n) is 2.99. The van der Waals surface area contributed by atoms with Crippen molar-refractivity contribution in [3.05, 3.63) is 23.8 Å². The number of carboxylic acids is 1. The van der Waals surface area contributed by atoms with Crippen LogP contribution < -0.4 is 10.9 Å². The maximum absolute atomic E-state index is 11.5. The molecule has 2 atom stereocenters. The predicted molar refractivity (Wildman–Crippen MR) is 84.0 cm³/mol. The number of aliphatic carboxylic acids is 1. The van der Waals surface area contributed by atoms with Gasteiger partial charge < -0.3 is 24.9 Å². The highest BCUT2D eigenvalue weighted by molar-refractivity contribution is 7.51. The molecule has 0 aliphatic carbocycles. The lowest BCUT2D eigenvalue weighted by molar-refractivity contribution is -0.144. The first-order chi connectivity index (χ1) is 11.4. The fraction of sp³-hybridized carbons (Fsp3) is 0.385. The van der Waals surface area contributed by atoms with Gasteiger partial charge in [0.1, 0.15) is 5.54 Å². The second kappa shape index (κ2) is 8.17. The van der Waals surface area contributed by atoms with Gasteiger partial charge in [-0.15, -0.1) is 0 Å². The summed E-state index contributed by atoms with van der Waals surface area (Å²) >= 11 is 0. The molecule has 0 saturated heterocycles. The van der Waals surface area contributed by atoms with Crippen LogP contribution in [0.4, 0.5) is 4.79 Å². The lowest BCUT2D eigenvalue weighted by atomic mass is 9.93. The van der Waals surface area contributed by atoms with Crippen LogP contribution in [0.2, 0.25) is 0 Å². The van der Waals surface area contributed by atoms with Gasteiger partial charge in [0.05, 0.1) is 0 Å². The molecule has 25 heavy (non-hydrogen) atoms. The quantitative estimate of drug-likeness (QED) is 0.162. The van der Waals surface area contributed by atoms with E-state index in [-0.39, 0.29) is 12.2 Å². The van der Waals surface area contributed by atoms with Gasteiger partial charge in [-0.25, -0.2) is 10.2 Å². The van der Waals surface area contributed by atoms with Crippen molar-refractivity contribution < 1.29 is 43.6 Å². The maximum atomic E-state index is 11.5. The summed E-state index contributed by atoms with van der Waals surface area (Å²) in [4.78, 5) is 31.8. The molecule has 1 amide bonds. The van der Waals surface area contributed by atoms with E-state index in [1.54, 1.807) is 0 Å². The number of aromatic hydroxyl groups is 2. The van der Waals surface area contributed by atoms with Crippen LogP contribution >= 0.6 is 7.60 Å². The Morgan fingerprint density at radius 1 is 1.28 bits per heavy atom. The number of hydrazine groups is 1. The van der Waals surface area contributed by atoms with E-state index in [1.807, 2.05) is 5.43 Å². The average molecular weight is 378 g/mol. The number of phenolic OH excluding ortho intramolecular Hbond substituents is 2. The van der Waals surface area contributed by atoms with Gasteiger partial charge >= 0.3 is 19.7 Å². The largest absolute Gasteiger partial charge is 0.504 e. The third-order valence-corrected chi connectivity index (χ3v) is 3.58. The van der Waals surface area contributed by atoms with Crippen molar-refractivity contribution in [3.8, 4) is 11.5 Å². The number of nitrogens with one attached hydrogen (secondary N) is 2. The number of rotatable bonds is 8. The number of carboxylic acid groups (broad SMARTS) is 1. The summed E-state index contributed by atoms with van der Waals surface area (Å²) < 4.78 is 19.6. The Bertz CT molecular complexity index is 690. The number of hydrogen-bond donors (Lipinski definition) is 6. The van der Waals surface area contributed by atoms with Crippen LogP contribution in [0.3, 0.4) is 0 Å². The Labute approximate surface area is 142 Å². The molecule has 0 aliphatic rings. The minimum Gasteiger partial charge on any atom is -0.504 e. The highest BCUT2D eigenvalue weighted by Crippen LogP contribution is 2.36. The molecule has 1 rings (SSSR count). The minimum absolute atomic E-state index is 0.159. The van der Waals surface area contributed by atoms with E-state index < -0.39 is 37.7 Å². The molecule has 11 nitrogen and oxygen atoms in total. The number of hydrogen-bond acceptors (Lipinski definition) is 8. The van der Waals surface area contributed by atoms with Crippen LogP contribution in [0.15, 0.2) is 18.2 Å². The molecule has 0 spiro atoms. The van der Waals surface area contributed by atoms with Crippen LogP contribution in [0.25, 0.3) is 0 Å². The normalized spacial score (nSPS) is 15.6. The summed E-state index contributed by atoms with van der Waals surface area (Å²) in [5, 5.41) is 28.1. The highest BCUT2D eigenvalue weighted by Gasteiger charge is 2.34. The van der Waals surface area contributed by atoms with Crippen LogP contribution in [-0.4, -0.2) is 51.3 Å². The fourth-order valence-electron chi connectivity index (χ4n) is 1.66. The molecule has 0 heterocycles. The van der Waals surface area contributed by atoms with Crippen LogP contribution in [-0.2, 0) is 25.0 Å². The number of benzene rings is 1. The zero-order valence-corrected chi connectivity index (χ0v) is 14.3. The first-order valence-electron chi connectivity index (χ1n) is 6.82. The standard InChI is InChI=1S/C13H19N2O9P/c1-13(11(18)19,6-8-3-4-9(16)10(17)5-8)15-14-12(20)23-7-24-25(2,21)22/h3-5,15-17H,6-7H2,1-2H3,(H,14,20)(H,18,19)(H,21,22)/t13-/m0/s1. The lowest BCUT2D eigenvalue weighted by Crippen LogP contribution is -2.58. The van der Waals surface area contributed by atoms with Crippen molar-refractivity contribution in [2.45, 2.75) is 18.9 Å². The molecular weight excluding hydrogens is 359 g/mol. The lowest BCUT2D eigenvalue weighted by Gasteiger charge is -2.26. The minimum atomic E-state index is -3.81. The average Bonchev–Trinajstić information content (AvgIpc) is 2.47. The van der Waals surface area contributed by atoms with Gasteiger partial charge in [0.25, 0.3) is 0 Å². The summed E-state index contributed by atoms with van der Waals surface area (Å²) in [6.45, 7) is 1.37. The van der Waals surface area contributed by atoms with Gasteiger partial charge in [0, 0.05) is 13.1 Å². The summed E-state index contributed by atoms with van der Waals surface area (Å²) in [5.41, 5.74) is 2.95. The Morgan fingerprint density at radius 3 is 2.44 bits per heavy atom. The molecule has 12 heteroatoms. The van der Waals surface area contributed by atoms with Crippen molar-refractivity contribution in [2.24, 2.45) is 0 Å². The van der Waals surface area contributed by atoms with E-state index in [2.05, 4.69) is 14.7 Å². The molecule has 0 bridgehead atoms. The second-order valence-electron chi connectivity index (χ2n) is 5.37. The molecule has 0 aromatic heterocycles. The number of amides is 1. The molecular formula is C13H19N2O9P. The van der Waals surface area contributed by atoms with Gasteiger partial charge in [0.15, 0.2) is 11.5 Å². The van der Waals surface area contributed by atoms with E-state index in [4.69, 9.17) is 4.89 Å². The molecule has 1 aromatic rings. The zero-order chi connectivity index (χ0) is 19.3. The Kier molecular flexibility index (Phi) is 6.77. The number of ether oxygens (including phenoxy) is 1. The smallest absolute Gasteiger partial charge is 0.423 e. The van der Waals surface area contributed by atoms with Gasteiger partial charge in [0.2, 0.25) is 6.79 Å². The van der Waals surface area contributed by atoms with Gasteiger partial charge in [-0.1, -0.05) is 6.07 Å². The van der Waals surface area contributed by atoms with Crippen molar-refractivity contribution in [1.82, 2.24) is 10.9 Å². The molecule has 0 radical (unpaired) electrons. The van der Waals surface area contributed by atoms with E-state index in [1.165, 1.54) is 25.1 Å². The summed E-state index contributed by atoms with van der Waals surface area (Å²) in [6, 6.07) is 3.79. The van der Waals surface area contributed by atoms with E-state index in [0.29, 0.717) is 5.56 Å². The molecule has 0 saturated carbocycles. The van der Waals surface area contributed by atoms with Crippen molar-refractivity contribution in [2.75, 3.05) is 13.5 Å². The highest BCUT2D eigenvalue weighted by atomic mass is 31.2. The predicted octanol–water partition coefficient (Wildman–Crippen LogP) is 0.504. The number of carbonyl (C=O) groups excluding carboxylic acids is 1. The maximum Gasteiger partial charge on any atom is 0.423 e. The van der Waals surface area contributed by atoms with E-state index in [9.17, 15) is 29.5 Å². The molecule has 1 aromatic carbocycles. The van der Waals surface area contributed by atoms with Gasteiger partial charge in [-0.2, -0.15) is 0 Å². The van der Waals surface area contributed by atoms with Crippen LogP contribution in [0, 0.1) is 0 Å². The fourth-order valence-corrected chi connectivity index (χ4v) is 1.91. The topological polar surface area (TPSA) is 175 Å². The first-order valence-corrected chi connectivity index (χ1v) is 8.84. The zero-order valence-electron chi connectivity index (χ0n) is 13.4. The van der Waals surface area contributed by atoms with Crippen molar-refractivity contribution in [3.63, 3.8) is 0 Å². The Balaban J connectivity index is 2.66. The van der Waals surface area contributed by atoms with E-state index in [0.717, 1.165) is 6.66 Å². The monoisotopic (exact) mass is 378 g/mol. The summed E-state index contributed by atoms with van der Waals surface area (Å²) in [6.07, 6.45) is -1.29. The van der Waals surface area contributed by atoms with E-state index >= 15 is 0 Å². The van der Waals surface area contributed by atoms with Gasteiger partial charge in [-0.05, 0) is 24.6 Å². The third kappa shape index (κ3) is 6.98. The Hall–Kier alpha value is -2.33. The summed E-state index contributed by atoms with van der Waals surface area (Å²) in [7, 11) is -3.81. The molecule has 6 N–H and O–H groups in total. The SMILES string of the molecule is C[C@@](Cc1ccc(O)c(O)c1)(NNC(=O)OCOP(C)(=O)O)C(=O)O. The molecule has 1 unspecified atom stereocenters. The van der Waals surface area contributed by atoms with Crippen molar-refractivity contribution >= 4 is 19.7 Å². The molecule has 0 fully saturated rings. The Morgan fingerprint density at radius 2 is 1.92 bits per heavy atom. The summed E-state index contributed by atoms with van der Waals surface area (Å²) in [5.74, 6) is -2.08. The molecule has 140 valence electrons. The number of phenols is 2.